The number of nitrogens with zero attached hydrogens (tertiary/aromatic N) is 3. The highest BCUT2D eigenvalue weighted by atomic mass is 16.5. The fourth-order valence-electron chi connectivity index (χ4n) is 4.57. The van der Waals surface area contributed by atoms with E-state index in [1.807, 2.05) is 47.0 Å². The molecule has 3 heterocycles. The van der Waals surface area contributed by atoms with Gasteiger partial charge in [-0.1, -0.05) is 30.3 Å². The third-order valence-electron chi connectivity index (χ3n) is 6.46. The van der Waals surface area contributed by atoms with E-state index in [2.05, 4.69) is 22.5 Å². The van der Waals surface area contributed by atoms with Crippen molar-refractivity contribution in [1.82, 2.24) is 20.0 Å². The Labute approximate surface area is 183 Å². The molecule has 2 fully saturated rings. The van der Waals surface area contributed by atoms with Crippen LogP contribution in [0.3, 0.4) is 0 Å². The van der Waals surface area contributed by atoms with Crippen LogP contribution in [-0.2, 0) is 27.3 Å². The SMILES string of the molecule is CC(CCn1cccn1)NC(=O)C1(Cc2ccccc2)CN(C(=O)C2CCOCC2)C1. The fourth-order valence-corrected chi connectivity index (χ4v) is 4.57. The van der Waals surface area contributed by atoms with Crippen molar-refractivity contribution in [2.45, 2.75) is 45.2 Å². The lowest BCUT2D eigenvalue weighted by atomic mass is 9.73. The first-order valence-corrected chi connectivity index (χ1v) is 11.2. The van der Waals surface area contributed by atoms with E-state index >= 15 is 0 Å². The van der Waals surface area contributed by atoms with E-state index in [1.165, 1.54) is 0 Å². The second-order valence-electron chi connectivity index (χ2n) is 8.96. The zero-order valence-corrected chi connectivity index (χ0v) is 18.2. The molecule has 1 unspecified atom stereocenters. The van der Waals surface area contributed by atoms with Crippen LogP contribution in [0, 0.1) is 11.3 Å². The molecule has 2 aliphatic rings. The van der Waals surface area contributed by atoms with Gasteiger partial charge in [0, 0.05) is 57.2 Å². The Bertz CT molecular complexity index is 856. The minimum absolute atomic E-state index is 0.0273. The minimum Gasteiger partial charge on any atom is -0.381 e. The lowest BCUT2D eigenvalue weighted by Crippen LogP contribution is -2.67. The van der Waals surface area contributed by atoms with E-state index in [1.54, 1.807) is 6.20 Å². The van der Waals surface area contributed by atoms with Gasteiger partial charge in [-0.15, -0.1) is 0 Å². The second kappa shape index (κ2) is 9.64. The van der Waals surface area contributed by atoms with Crippen LogP contribution in [0.15, 0.2) is 48.8 Å². The molecule has 7 nitrogen and oxygen atoms in total. The first-order valence-electron chi connectivity index (χ1n) is 11.2. The van der Waals surface area contributed by atoms with Crippen LogP contribution in [0.1, 0.15) is 31.7 Å². The van der Waals surface area contributed by atoms with Crippen molar-refractivity contribution in [3.05, 3.63) is 54.4 Å². The number of amides is 2. The van der Waals surface area contributed by atoms with Gasteiger partial charge in [0.2, 0.25) is 11.8 Å². The Kier molecular flexibility index (Phi) is 6.70. The van der Waals surface area contributed by atoms with Gasteiger partial charge in [0.25, 0.3) is 0 Å². The van der Waals surface area contributed by atoms with Crippen molar-refractivity contribution in [2.75, 3.05) is 26.3 Å². The van der Waals surface area contributed by atoms with Crippen molar-refractivity contribution >= 4 is 11.8 Å². The van der Waals surface area contributed by atoms with Crippen LogP contribution >= 0.6 is 0 Å². The molecular weight excluding hydrogens is 392 g/mol. The van der Waals surface area contributed by atoms with Crippen molar-refractivity contribution in [3.63, 3.8) is 0 Å². The first-order chi connectivity index (χ1) is 15.1. The van der Waals surface area contributed by atoms with Gasteiger partial charge in [-0.3, -0.25) is 14.3 Å². The third-order valence-corrected chi connectivity index (χ3v) is 6.46. The second-order valence-corrected chi connectivity index (χ2v) is 8.96. The highest BCUT2D eigenvalue weighted by Crippen LogP contribution is 2.36. The maximum absolute atomic E-state index is 13.4. The molecule has 31 heavy (non-hydrogen) atoms. The number of likely N-dealkylation sites (tertiary alicyclic amines) is 1. The number of hydrogen-bond donors (Lipinski definition) is 1. The summed E-state index contributed by atoms with van der Waals surface area (Å²) in [6.07, 6.45) is 6.69. The van der Waals surface area contributed by atoms with Crippen LogP contribution in [0.4, 0.5) is 0 Å². The van der Waals surface area contributed by atoms with E-state index in [9.17, 15) is 9.59 Å². The summed E-state index contributed by atoms with van der Waals surface area (Å²) in [6, 6.07) is 12.0. The molecule has 2 amide bonds. The highest BCUT2D eigenvalue weighted by molar-refractivity contribution is 5.89. The summed E-state index contributed by atoms with van der Waals surface area (Å²) >= 11 is 0. The van der Waals surface area contributed by atoms with Crippen molar-refractivity contribution in [3.8, 4) is 0 Å². The Hall–Kier alpha value is -2.67. The molecule has 2 aliphatic heterocycles. The number of aromatic nitrogens is 2. The van der Waals surface area contributed by atoms with Crippen LogP contribution in [0.25, 0.3) is 0 Å². The number of hydrogen-bond acceptors (Lipinski definition) is 4. The molecule has 1 N–H and O–H groups in total. The van der Waals surface area contributed by atoms with Crippen molar-refractivity contribution < 1.29 is 14.3 Å². The van der Waals surface area contributed by atoms with E-state index in [0.717, 1.165) is 31.4 Å². The number of carbonyl (C=O) groups excluding carboxylic acids is 2. The summed E-state index contributed by atoms with van der Waals surface area (Å²) in [5.41, 5.74) is 0.558. The Balaban J connectivity index is 1.39. The van der Waals surface area contributed by atoms with Crippen LogP contribution in [-0.4, -0.2) is 58.8 Å². The molecule has 2 saturated heterocycles. The smallest absolute Gasteiger partial charge is 0.230 e. The Morgan fingerprint density at radius 2 is 1.94 bits per heavy atom. The number of ether oxygens (including phenoxy) is 1. The number of rotatable bonds is 8. The molecule has 1 aromatic heterocycles. The molecule has 1 aromatic carbocycles. The first kappa shape index (κ1) is 21.6. The quantitative estimate of drug-likeness (QED) is 0.705. The van der Waals surface area contributed by atoms with Crippen LogP contribution in [0.5, 0.6) is 0 Å². The van der Waals surface area contributed by atoms with Crippen LogP contribution < -0.4 is 5.32 Å². The largest absolute Gasteiger partial charge is 0.381 e. The maximum Gasteiger partial charge on any atom is 0.230 e. The summed E-state index contributed by atoms with van der Waals surface area (Å²) in [6.45, 7) is 5.04. The zero-order valence-electron chi connectivity index (χ0n) is 18.2. The lowest BCUT2D eigenvalue weighted by molar-refractivity contribution is -0.158. The van der Waals surface area contributed by atoms with Gasteiger partial charge in [-0.05, 0) is 44.2 Å². The van der Waals surface area contributed by atoms with Gasteiger partial charge in [0.15, 0.2) is 0 Å². The van der Waals surface area contributed by atoms with Gasteiger partial charge in [0.1, 0.15) is 0 Å². The summed E-state index contributed by atoms with van der Waals surface area (Å²) in [4.78, 5) is 28.2. The Morgan fingerprint density at radius 3 is 2.61 bits per heavy atom. The fraction of sp³-hybridized carbons (Fsp3) is 0.542. The van der Waals surface area contributed by atoms with Gasteiger partial charge in [-0.25, -0.2) is 0 Å². The predicted octanol–water partition coefficient (Wildman–Crippen LogP) is 2.28. The summed E-state index contributed by atoms with van der Waals surface area (Å²) in [7, 11) is 0. The standard InChI is InChI=1S/C24H32N4O3/c1-19(8-13-28-12-5-11-25-28)26-23(30)24(16-20-6-3-2-4-7-20)17-27(18-24)22(29)21-9-14-31-15-10-21/h2-7,11-12,19,21H,8-10,13-18H2,1H3,(H,26,30). The van der Waals surface area contributed by atoms with Crippen molar-refractivity contribution in [2.24, 2.45) is 11.3 Å². The molecule has 1 atom stereocenters. The monoisotopic (exact) mass is 424 g/mol. The van der Waals surface area contributed by atoms with Crippen molar-refractivity contribution in [1.29, 1.82) is 0 Å². The topological polar surface area (TPSA) is 76.5 Å². The summed E-state index contributed by atoms with van der Waals surface area (Å²) in [5, 5.41) is 7.43. The lowest BCUT2D eigenvalue weighted by Gasteiger charge is -2.50. The van der Waals surface area contributed by atoms with Gasteiger partial charge >= 0.3 is 0 Å². The van der Waals surface area contributed by atoms with E-state index in [4.69, 9.17) is 4.74 Å². The molecule has 7 heteroatoms. The van der Waals surface area contributed by atoms with Gasteiger partial charge in [0.05, 0.1) is 5.41 Å². The molecular formula is C24H32N4O3. The molecule has 2 aromatic rings. The normalized spacial score (nSPS) is 19.5. The molecule has 4 rings (SSSR count). The van der Waals surface area contributed by atoms with Gasteiger partial charge in [-0.2, -0.15) is 5.10 Å². The summed E-state index contributed by atoms with van der Waals surface area (Å²) in [5.74, 6) is 0.242. The molecule has 0 spiro atoms. The number of aryl methyl sites for hydroxylation is 1. The average molecular weight is 425 g/mol. The number of nitrogens with one attached hydrogen (secondary N) is 1. The van der Waals surface area contributed by atoms with E-state index in [-0.39, 0.29) is 23.8 Å². The van der Waals surface area contributed by atoms with Crippen LogP contribution in [0.2, 0.25) is 0 Å². The molecule has 0 bridgehead atoms. The minimum atomic E-state index is -0.567. The Morgan fingerprint density at radius 1 is 1.19 bits per heavy atom. The predicted molar refractivity (Wildman–Crippen MR) is 117 cm³/mol. The number of carbonyl (C=O) groups is 2. The highest BCUT2D eigenvalue weighted by Gasteiger charge is 2.51. The average Bonchev–Trinajstić information content (AvgIpc) is 3.29. The molecule has 0 saturated carbocycles. The zero-order chi connectivity index (χ0) is 21.7. The maximum atomic E-state index is 13.4. The van der Waals surface area contributed by atoms with Gasteiger partial charge < -0.3 is 15.0 Å². The van der Waals surface area contributed by atoms with E-state index in [0.29, 0.717) is 32.7 Å². The molecule has 0 radical (unpaired) electrons. The van der Waals surface area contributed by atoms with E-state index < -0.39 is 5.41 Å². The molecule has 0 aliphatic carbocycles. The summed E-state index contributed by atoms with van der Waals surface area (Å²) < 4.78 is 7.27. The molecule has 166 valence electrons. The number of benzene rings is 1. The third kappa shape index (κ3) is 5.15.